The average Bonchev–Trinajstić information content (AvgIpc) is 2.41. The minimum absolute atomic E-state index is 0.134. The second-order valence-corrected chi connectivity index (χ2v) is 5.10. The highest BCUT2D eigenvalue weighted by atomic mass is 35.5. The van der Waals surface area contributed by atoms with Crippen molar-refractivity contribution in [2.24, 2.45) is 0 Å². The zero-order valence-electron chi connectivity index (χ0n) is 10.0. The molecule has 5 heteroatoms. The van der Waals surface area contributed by atoms with Crippen LogP contribution in [0, 0.1) is 0 Å². The molecule has 0 amide bonds. The summed E-state index contributed by atoms with van der Waals surface area (Å²) in [5.74, 6) is 1.67. The molecule has 0 saturated carbocycles. The van der Waals surface area contributed by atoms with Gasteiger partial charge in [-0.3, -0.25) is 0 Å². The zero-order chi connectivity index (χ0) is 12.5. The van der Waals surface area contributed by atoms with Crippen LogP contribution in [0.2, 0.25) is 5.02 Å². The number of rotatable bonds is 1. The van der Waals surface area contributed by atoms with Gasteiger partial charge in [0, 0.05) is 24.1 Å². The first-order chi connectivity index (χ1) is 8.77. The fourth-order valence-corrected chi connectivity index (χ4v) is 2.85. The maximum absolute atomic E-state index is 10.2. The summed E-state index contributed by atoms with van der Waals surface area (Å²) in [7, 11) is 0. The molecule has 2 aliphatic heterocycles. The van der Waals surface area contributed by atoms with Gasteiger partial charge in [-0.2, -0.15) is 0 Å². The van der Waals surface area contributed by atoms with Gasteiger partial charge < -0.3 is 19.9 Å². The molecule has 1 aromatic rings. The lowest BCUT2D eigenvalue weighted by Gasteiger charge is -2.29. The standard InChI is InChI=1S/C13H16ClNO3/c14-9-6-10-13(18-5-4-17-10)11(12(9)16)8-2-1-3-15-7-8/h6,8,15-16H,1-5,7H2. The van der Waals surface area contributed by atoms with Crippen molar-refractivity contribution >= 4 is 11.6 Å². The summed E-state index contributed by atoms with van der Waals surface area (Å²) in [5.41, 5.74) is 0.796. The van der Waals surface area contributed by atoms with Crippen molar-refractivity contribution in [1.82, 2.24) is 5.32 Å². The highest BCUT2D eigenvalue weighted by Gasteiger charge is 2.28. The zero-order valence-corrected chi connectivity index (χ0v) is 10.8. The number of fused-ring (bicyclic) bond motifs is 1. The molecule has 2 aliphatic rings. The highest BCUT2D eigenvalue weighted by molar-refractivity contribution is 6.32. The number of piperidine rings is 1. The lowest BCUT2D eigenvalue weighted by molar-refractivity contribution is 0.167. The van der Waals surface area contributed by atoms with Gasteiger partial charge >= 0.3 is 0 Å². The van der Waals surface area contributed by atoms with Crippen LogP contribution in [-0.2, 0) is 0 Å². The van der Waals surface area contributed by atoms with E-state index in [-0.39, 0.29) is 11.7 Å². The number of halogens is 1. The summed E-state index contributed by atoms with van der Waals surface area (Å²) < 4.78 is 11.2. The molecule has 1 fully saturated rings. The Morgan fingerprint density at radius 1 is 1.33 bits per heavy atom. The quantitative estimate of drug-likeness (QED) is 0.821. The number of nitrogens with one attached hydrogen (secondary N) is 1. The van der Waals surface area contributed by atoms with Gasteiger partial charge in [0.2, 0.25) is 0 Å². The van der Waals surface area contributed by atoms with Crippen molar-refractivity contribution < 1.29 is 14.6 Å². The molecule has 0 aromatic heterocycles. The number of aromatic hydroxyl groups is 1. The van der Waals surface area contributed by atoms with Gasteiger partial charge in [0.15, 0.2) is 11.5 Å². The van der Waals surface area contributed by atoms with Gasteiger partial charge in [-0.1, -0.05) is 11.6 Å². The monoisotopic (exact) mass is 269 g/mol. The molecule has 2 N–H and O–H groups in total. The summed E-state index contributed by atoms with van der Waals surface area (Å²) in [6, 6.07) is 1.63. The van der Waals surface area contributed by atoms with E-state index in [2.05, 4.69) is 5.32 Å². The minimum Gasteiger partial charge on any atom is -0.506 e. The molecule has 98 valence electrons. The number of phenolic OH excluding ortho intramolecular Hbond substituents is 1. The smallest absolute Gasteiger partial charge is 0.168 e. The third-order valence-corrected chi connectivity index (χ3v) is 3.79. The van der Waals surface area contributed by atoms with Crippen molar-refractivity contribution in [2.45, 2.75) is 18.8 Å². The third-order valence-electron chi connectivity index (χ3n) is 3.50. The molecule has 3 rings (SSSR count). The van der Waals surface area contributed by atoms with Crippen LogP contribution in [0.3, 0.4) is 0 Å². The Kier molecular flexibility index (Phi) is 3.22. The van der Waals surface area contributed by atoms with Gasteiger partial charge in [0.05, 0.1) is 5.02 Å². The van der Waals surface area contributed by atoms with Crippen LogP contribution in [0.25, 0.3) is 0 Å². The van der Waals surface area contributed by atoms with Crippen molar-refractivity contribution in [3.8, 4) is 17.2 Å². The molecule has 0 radical (unpaired) electrons. The van der Waals surface area contributed by atoms with E-state index in [0.717, 1.165) is 31.5 Å². The fraction of sp³-hybridized carbons (Fsp3) is 0.538. The second-order valence-electron chi connectivity index (χ2n) is 4.69. The first-order valence-corrected chi connectivity index (χ1v) is 6.67. The van der Waals surface area contributed by atoms with Crippen LogP contribution in [0.15, 0.2) is 6.07 Å². The predicted octanol–water partition coefficient (Wildman–Crippen LogP) is 2.28. The summed E-state index contributed by atoms with van der Waals surface area (Å²) in [4.78, 5) is 0. The van der Waals surface area contributed by atoms with Crippen LogP contribution in [-0.4, -0.2) is 31.4 Å². The molecule has 1 aromatic carbocycles. The fourth-order valence-electron chi connectivity index (χ4n) is 2.65. The first-order valence-electron chi connectivity index (χ1n) is 6.29. The Labute approximate surface area is 111 Å². The molecule has 1 saturated heterocycles. The van der Waals surface area contributed by atoms with Crippen LogP contribution in [0.1, 0.15) is 24.3 Å². The molecule has 0 spiro atoms. The Morgan fingerprint density at radius 3 is 2.94 bits per heavy atom. The molecule has 1 unspecified atom stereocenters. The van der Waals surface area contributed by atoms with Crippen LogP contribution >= 0.6 is 11.6 Å². The number of ether oxygens (including phenoxy) is 2. The molecular formula is C13H16ClNO3. The first kappa shape index (κ1) is 11.9. The van der Waals surface area contributed by atoms with Crippen molar-refractivity contribution in [2.75, 3.05) is 26.3 Å². The predicted molar refractivity (Wildman–Crippen MR) is 69.0 cm³/mol. The lowest BCUT2D eigenvalue weighted by atomic mass is 9.90. The van der Waals surface area contributed by atoms with Gasteiger partial charge in [-0.25, -0.2) is 0 Å². The van der Waals surface area contributed by atoms with Crippen LogP contribution < -0.4 is 14.8 Å². The minimum atomic E-state index is 0.134. The number of phenols is 1. The molecular weight excluding hydrogens is 254 g/mol. The Bertz CT molecular complexity index is 458. The maximum atomic E-state index is 10.2. The largest absolute Gasteiger partial charge is 0.506 e. The average molecular weight is 270 g/mol. The summed E-state index contributed by atoms with van der Waals surface area (Å²) in [6.45, 7) is 2.90. The summed E-state index contributed by atoms with van der Waals surface area (Å²) >= 11 is 6.06. The van der Waals surface area contributed by atoms with E-state index in [1.165, 1.54) is 0 Å². The van der Waals surface area contributed by atoms with E-state index < -0.39 is 0 Å². The van der Waals surface area contributed by atoms with Crippen LogP contribution in [0.4, 0.5) is 0 Å². The molecule has 2 heterocycles. The topological polar surface area (TPSA) is 50.7 Å². The van der Waals surface area contributed by atoms with E-state index in [0.29, 0.717) is 29.7 Å². The second kappa shape index (κ2) is 4.86. The number of hydrogen-bond donors (Lipinski definition) is 2. The molecule has 18 heavy (non-hydrogen) atoms. The Morgan fingerprint density at radius 2 is 2.17 bits per heavy atom. The van der Waals surface area contributed by atoms with Gasteiger partial charge in [0.25, 0.3) is 0 Å². The van der Waals surface area contributed by atoms with E-state index >= 15 is 0 Å². The number of hydrogen-bond acceptors (Lipinski definition) is 4. The normalized spacial score (nSPS) is 22.8. The highest BCUT2D eigenvalue weighted by Crippen LogP contribution is 2.48. The van der Waals surface area contributed by atoms with E-state index in [9.17, 15) is 5.11 Å². The molecule has 1 atom stereocenters. The van der Waals surface area contributed by atoms with E-state index in [4.69, 9.17) is 21.1 Å². The van der Waals surface area contributed by atoms with Crippen molar-refractivity contribution in [3.05, 3.63) is 16.7 Å². The third kappa shape index (κ3) is 1.99. The lowest BCUT2D eigenvalue weighted by Crippen LogP contribution is -2.29. The summed E-state index contributed by atoms with van der Waals surface area (Å²) in [6.07, 6.45) is 2.11. The molecule has 0 aliphatic carbocycles. The molecule has 0 bridgehead atoms. The van der Waals surface area contributed by atoms with Gasteiger partial charge in [-0.15, -0.1) is 0 Å². The Balaban J connectivity index is 2.07. The van der Waals surface area contributed by atoms with E-state index in [1.54, 1.807) is 6.07 Å². The number of benzene rings is 1. The van der Waals surface area contributed by atoms with Crippen LogP contribution in [0.5, 0.6) is 17.2 Å². The maximum Gasteiger partial charge on any atom is 0.168 e. The van der Waals surface area contributed by atoms with Crippen molar-refractivity contribution in [1.29, 1.82) is 0 Å². The van der Waals surface area contributed by atoms with E-state index in [1.807, 2.05) is 0 Å². The summed E-state index contributed by atoms with van der Waals surface area (Å²) in [5, 5.41) is 13.9. The SMILES string of the molecule is Oc1c(Cl)cc2c(c1C1CCCNC1)OCCO2. The molecule has 4 nitrogen and oxygen atoms in total. The van der Waals surface area contributed by atoms with Gasteiger partial charge in [0.1, 0.15) is 19.0 Å². The Hall–Kier alpha value is -1.13. The van der Waals surface area contributed by atoms with Gasteiger partial charge in [-0.05, 0) is 19.4 Å². The van der Waals surface area contributed by atoms with Crippen molar-refractivity contribution in [3.63, 3.8) is 0 Å².